The maximum Gasteiger partial charge on any atom is 0.134 e. The van der Waals surface area contributed by atoms with Crippen molar-refractivity contribution in [3.05, 3.63) is 35.6 Å². The first-order valence-corrected chi connectivity index (χ1v) is 5.07. The Morgan fingerprint density at radius 3 is 3.14 bits per heavy atom. The van der Waals surface area contributed by atoms with Crippen LogP contribution in [0.15, 0.2) is 28.7 Å². The second-order valence-electron chi connectivity index (χ2n) is 3.97. The quantitative estimate of drug-likeness (QED) is 0.686. The third-order valence-corrected chi connectivity index (χ3v) is 2.93. The highest BCUT2D eigenvalue weighted by molar-refractivity contribution is 5.82. The van der Waals surface area contributed by atoms with Gasteiger partial charge in [-0.05, 0) is 6.07 Å². The maximum absolute atomic E-state index is 5.86. The average molecular weight is 187 g/mol. The monoisotopic (exact) mass is 187 g/mol. The van der Waals surface area contributed by atoms with Gasteiger partial charge in [0.1, 0.15) is 11.3 Å². The molecule has 0 spiro atoms. The van der Waals surface area contributed by atoms with E-state index < -0.39 is 0 Å². The van der Waals surface area contributed by atoms with E-state index in [2.05, 4.69) is 24.4 Å². The molecule has 1 aliphatic rings. The lowest BCUT2D eigenvalue weighted by Gasteiger charge is -2.17. The molecule has 0 fully saturated rings. The number of benzene rings is 1. The first-order valence-electron chi connectivity index (χ1n) is 5.07. The van der Waals surface area contributed by atoms with Gasteiger partial charge in [-0.1, -0.05) is 25.1 Å². The number of furan rings is 1. The molecule has 1 aliphatic heterocycles. The minimum Gasteiger partial charge on any atom is -0.460 e. The van der Waals surface area contributed by atoms with E-state index >= 15 is 0 Å². The lowest BCUT2D eigenvalue weighted by molar-refractivity contribution is 0.451. The second kappa shape index (κ2) is 2.85. The van der Waals surface area contributed by atoms with Gasteiger partial charge < -0.3 is 9.73 Å². The van der Waals surface area contributed by atoms with E-state index in [1.165, 1.54) is 16.7 Å². The maximum atomic E-state index is 5.86. The van der Waals surface area contributed by atoms with Gasteiger partial charge in [0.25, 0.3) is 0 Å². The minimum absolute atomic E-state index is 0.492. The summed E-state index contributed by atoms with van der Waals surface area (Å²) in [6.07, 6.45) is 0. The van der Waals surface area contributed by atoms with Crippen molar-refractivity contribution in [2.45, 2.75) is 19.4 Å². The summed E-state index contributed by atoms with van der Waals surface area (Å²) in [5.74, 6) is 1.66. The number of rotatable bonds is 0. The van der Waals surface area contributed by atoms with Crippen LogP contribution in [-0.4, -0.2) is 6.54 Å². The van der Waals surface area contributed by atoms with Crippen molar-refractivity contribution in [2.24, 2.45) is 0 Å². The van der Waals surface area contributed by atoms with Crippen LogP contribution >= 0.6 is 0 Å². The van der Waals surface area contributed by atoms with E-state index in [-0.39, 0.29) is 0 Å². The van der Waals surface area contributed by atoms with E-state index in [9.17, 15) is 0 Å². The Morgan fingerprint density at radius 2 is 2.21 bits per heavy atom. The van der Waals surface area contributed by atoms with Crippen LogP contribution in [0.4, 0.5) is 0 Å². The van der Waals surface area contributed by atoms with Gasteiger partial charge in [-0.3, -0.25) is 0 Å². The van der Waals surface area contributed by atoms with Crippen LogP contribution in [0.3, 0.4) is 0 Å². The Labute approximate surface area is 82.9 Å². The van der Waals surface area contributed by atoms with Crippen molar-refractivity contribution in [2.75, 3.05) is 6.54 Å². The Morgan fingerprint density at radius 1 is 1.36 bits per heavy atom. The van der Waals surface area contributed by atoms with Crippen LogP contribution < -0.4 is 5.32 Å². The fraction of sp³-hybridized carbons (Fsp3) is 0.333. The molecule has 14 heavy (non-hydrogen) atoms. The molecule has 0 aliphatic carbocycles. The van der Waals surface area contributed by atoms with E-state index in [0.29, 0.717) is 5.92 Å². The summed E-state index contributed by atoms with van der Waals surface area (Å²) >= 11 is 0. The zero-order chi connectivity index (χ0) is 9.54. The second-order valence-corrected chi connectivity index (χ2v) is 3.97. The van der Waals surface area contributed by atoms with Gasteiger partial charge in [0.05, 0.1) is 0 Å². The molecule has 1 atom stereocenters. The lowest BCUT2D eigenvalue weighted by atomic mass is 9.99. The van der Waals surface area contributed by atoms with Gasteiger partial charge in [-0.25, -0.2) is 0 Å². The van der Waals surface area contributed by atoms with Crippen LogP contribution in [0.1, 0.15) is 24.2 Å². The highest BCUT2D eigenvalue weighted by Gasteiger charge is 2.22. The molecule has 0 amide bonds. The first kappa shape index (κ1) is 8.06. The number of nitrogens with one attached hydrogen (secondary N) is 1. The molecule has 2 aromatic rings. The lowest BCUT2D eigenvalue weighted by Crippen LogP contribution is -2.25. The van der Waals surface area contributed by atoms with Crippen LogP contribution in [0.25, 0.3) is 11.0 Å². The summed E-state index contributed by atoms with van der Waals surface area (Å²) in [6, 6.07) is 8.27. The molecule has 0 bridgehead atoms. The molecule has 2 heterocycles. The SMILES string of the molecule is C[C@H]1CNCc2c1oc1ccccc21. The van der Waals surface area contributed by atoms with Gasteiger partial charge in [-0.15, -0.1) is 0 Å². The van der Waals surface area contributed by atoms with E-state index in [4.69, 9.17) is 4.42 Å². The summed E-state index contributed by atoms with van der Waals surface area (Å²) in [6.45, 7) is 4.16. The summed E-state index contributed by atoms with van der Waals surface area (Å²) in [5.41, 5.74) is 2.37. The van der Waals surface area contributed by atoms with Crippen LogP contribution in [0, 0.1) is 0 Å². The minimum atomic E-state index is 0.492. The molecule has 1 aromatic carbocycles. The Balaban J connectivity index is 2.32. The highest BCUT2D eigenvalue weighted by atomic mass is 16.3. The third-order valence-electron chi connectivity index (χ3n) is 2.93. The fourth-order valence-corrected chi connectivity index (χ4v) is 2.20. The van der Waals surface area contributed by atoms with Gasteiger partial charge in [0, 0.05) is 30.0 Å². The zero-order valence-corrected chi connectivity index (χ0v) is 8.21. The number of hydrogen-bond donors (Lipinski definition) is 1. The van der Waals surface area contributed by atoms with Crippen molar-refractivity contribution in [1.82, 2.24) is 5.32 Å². The number of fused-ring (bicyclic) bond motifs is 3. The van der Waals surface area contributed by atoms with Gasteiger partial charge in [-0.2, -0.15) is 0 Å². The molecule has 1 aromatic heterocycles. The molecule has 0 unspecified atom stereocenters. The van der Waals surface area contributed by atoms with Crippen molar-refractivity contribution in [1.29, 1.82) is 0 Å². The van der Waals surface area contributed by atoms with Crippen molar-refractivity contribution < 1.29 is 4.42 Å². The van der Waals surface area contributed by atoms with Gasteiger partial charge in [0.2, 0.25) is 0 Å². The summed E-state index contributed by atoms with van der Waals surface area (Å²) in [7, 11) is 0. The van der Waals surface area contributed by atoms with Gasteiger partial charge in [0.15, 0.2) is 0 Å². The highest BCUT2D eigenvalue weighted by Crippen LogP contribution is 2.32. The topological polar surface area (TPSA) is 25.2 Å². The van der Waals surface area contributed by atoms with E-state index in [1.54, 1.807) is 0 Å². The van der Waals surface area contributed by atoms with E-state index in [1.807, 2.05) is 12.1 Å². The number of hydrogen-bond acceptors (Lipinski definition) is 2. The first-order chi connectivity index (χ1) is 6.86. The molecule has 0 saturated carbocycles. The predicted octanol–water partition coefficient (Wildman–Crippen LogP) is 2.64. The normalized spacial score (nSPS) is 21.1. The molecular formula is C12H13NO. The van der Waals surface area contributed by atoms with E-state index in [0.717, 1.165) is 18.7 Å². The summed E-state index contributed by atoms with van der Waals surface area (Å²) in [5, 5.41) is 4.67. The largest absolute Gasteiger partial charge is 0.460 e. The zero-order valence-electron chi connectivity index (χ0n) is 8.21. The Hall–Kier alpha value is -1.28. The Bertz CT molecular complexity index is 472. The fourth-order valence-electron chi connectivity index (χ4n) is 2.20. The smallest absolute Gasteiger partial charge is 0.134 e. The average Bonchev–Trinajstić information content (AvgIpc) is 2.59. The van der Waals surface area contributed by atoms with Gasteiger partial charge >= 0.3 is 0 Å². The summed E-state index contributed by atoms with van der Waals surface area (Å²) in [4.78, 5) is 0. The van der Waals surface area contributed by atoms with Crippen LogP contribution in [-0.2, 0) is 6.54 Å². The van der Waals surface area contributed by atoms with Crippen molar-refractivity contribution >= 4 is 11.0 Å². The third kappa shape index (κ3) is 1.01. The number of para-hydroxylation sites is 1. The molecular weight excluding hydrogens is 174 g/mol. The molecule has 2 nitrogen and oxygen atoms in total. The molecule has 1 N–H and O–H groups in total. The molecule has 2 heteroatoms. The molecule has 72 valence electrons. The Kier molecular flexibility index (Phi) is 1.64. The van der Waals surface area contributed by atoms with Crippen molar-refractivity contribution in [3.63, 3.8) is 0 Å². The van der Waals surface area contributed by atoms with Crippen LogP contribution in [0.2, 0.25) is 0 Å². The molecule has 0 radical (unpaired) electrons. The molecule has 3 rings (SSSR count). The summed E-state index contributed by atoms with van der Waals surface area (Å²) < 4.78 is 5.86. The van der Waals surface area contributed by atoms with Crippen molar-refractivity contribution in [3.8, 4) is 0 Å². The molecule has 0 saturated heterocycles. The standard InChI is InChI=1S/C12H13NO/c1-8-6-13-7-10-9-4-2-3-5-11(9)14-12(8)10/h2-5,8,13H,6-7H2,1H3/t8-/m0/s1. The van der Waals surface area contributed by atoms with Crippen LogP contribution in [0.5, 0.6) is 0 Å². The predicted molar refractivity (Wildman–Crippen MR) is 56.3 cm³/mol.